The molecule has 0 fully saturated rings. The predicted molar refractivity (Wildman–Crippen MR) is 50.5 cm³/mol. The predicted octanol–water partition coefficient (Wildman–Crippen LogP) is 0.645. The van der Waals surface area contributed by atoms with Crippen LogP contribution in [0.2, 0.25) is 0 Å². The third-order valence-corrected chi connectivity index (χ3v) is 3.17. The Bertz CT molecular complexity index is 340. The maximum absolute atomic E-state index is 5.90. The molecule has 0 saturated carbocycles. The van der Waals surface area contributed by atoms with Crippen molar-refractivity contribution in [1.29, 1.82) is 0 Å². The summed E-state index contributed by atoms with van der Waals surface area (Å²) in [7, 11) is 0. The van der Waals surface area contributed by atoms with Crippen LogP contribution in [0.15, 0.2) is 0 Å². The quantitative estimate of drug-likeness (QED) is 0.632. The lowest BCUT2D eigenvalue weighted by Crippen LogP contribution is -2.22. The summed E-state index contributed by atoms with van der Waals surface area (Å²) in [5.41, 5.74) is 8.74. The van der Waals surface area contributed by atoms with Gasteiger partial charge in [-0.2, -0.15) is 0 Å². The van der Waals surface area contributed by atoms with Crippen LogP contribution in [0.1, 0.15) is 30.1 Å². The third kappa shape index (κ3) is 1.03. The van der Waals surface area contributed by atoms with Crippen molar-refractivity contribution in [3.8, 4) is 0 Å². The minimum absolute atomic E-state index is 0.315. The van der Waals surface area contributed by atoms with Gasteiger partial charge in [-0.3, -0.25) is 0 Å². The highest BCUT2D eigenvalue weighted by molar-refractivity contribution is 5.23. The van der Waals surface area contributed by atoms with Crippen molar-refractivity contribution in [1.82, 2.24) is 9.55 Å². The fourth-order valence-corrected chi connectivity index (χ4v) is 2.56. The normalized spacial score (nSPS) is 25.8. The second-order valence-corrected chi connectivity index (χ2v) is 4.20. The molecule has 0 spiro atoms. The Labute approximate surface area is 78.0 Å². The van der Waals surface area contributed by atoms with Gasteiger partial charge in [-0.15, -0.1) is 0 Å². The molecule has 2 aliphatic rings. The Morgan fingerprint density at radius 1 is 1.31 bits per heavy atom. The molecule has 1 aliphatic carbocycles. The van der Waals surface area contributed by atoms with Gasteiger partial charge in [0.2, 0.25) is 0 Å². The number of imidazole rings is 1. The number of aryl methyl sites for hydroxylation is 1. The molecule has 1 aromatic rings. The lowest BCUT2D eigenvalue weighted by molar-refractivity contribution is 0.583. The highest BCUT2D eigenvalue weighted by Crippen LogP contribution is 2.25. The highest BCUT2D eigenvalue weighted by atomic mass is 15.1. The Morgan fingerprint density at radius 2 is 2.15 bits per heavy atom. The summed E-state index contributed by atoms with van der Waals surface area (Å²) in [6, 6.07) is 0.315. The Hall–Kier alpha value is -0.830. The fraction of sp³-hybridized carbons (Fsp3) is 0.700. The van der Waals surface area contributed by atoms with Crippen LogP contribution in [0.5, 0.6) is 0 Å². The molecule has 1 aliphatic heterocycles. The standard InChI is InChI=1S/C10H15N3/c11-7-5-10-12-8-3-1-2-4-9(8)13(10)6-7/h7H,1-6,11H2. The van der Waals surface area contributed by atoms with Crippen LogP contribution in [0.25, 0.3) is 0 Å². The summed E-state index contributed by atoms with van der Waals surface area (Å²) in [6.07, 6.45) is 6.02. The average Bonchev–Trinajstić information content (AvgIpc) is 2.60. The van der Waals surface area contributed by atoms with Gasteiger partial charge in [-0.05, 0) is 25.7 Å². The van der Waals surface area contributed by atoms with Crippen LogP contribution < -0.4 is 5.73 Å². The molecule has 70 valence electrons. The van der Waals surface area contributed by atoms with E-state index in [0.717, 1.165) is 13.0 Å². The van der Waals surface area contributed by atoms with Crippen molar-refractivity contribution in [3.05, 3.63) is 17.2 Å². The second kappa shape index (κ2) is 2.58. The van der Waals surface area contributed by atoms with E-state index in [9.17, 15) is 0 Å². The first kappa shape index (κ1) is 7.56. The molecule has 0 amide bonds. The first-order valence-electron chi connectivity index (χ1n) is 5.17. The van der Waals surface area contributed by atoms with E-state index < -0.39 is 0 Å². The number of nitrogens with zero attached hydrogens (tertiary/aromatic N) is 2. The number of hydrogen-bond acceptors (Lipinski definition) is 2. The maximum Gasteiger partial charge on any atom is 0.110 e. The number of fused-ring (bicyclic) bond motifs is 3. The van der Waals surface area contributed by atoms with Crippen molar-refractivity contribution in [3.63, 3.8) is 0 Å². The van der Waals surface area contributed by atoms with Crippen molar-refractivity contribution >= 4 is 0 Å². The minimum Gasteiger partial charge on any atom is -0.330 e. The van der Waals surface area contributed by atoms with Crippen LogP contribution in [-0.2, 0) is 25.8 Å². The monoisotopic (exact) mass is 177 g/mol. The Morgan fingerprint density at radius 3 is 3.08 bits per heavy atom. The van der Waals surface area contributed by atoms with Gasteiger partial charge < -0.3 is 10.3 Å². The molecule has 0 saturated heterocycles. The summed E-state index contributed by atoms with van der Waals surface area (Å²) in [5.74, 6) is 1.24. The molecule has 3 nitrogen and oxygen atoms in total. The average molecular weight is 177 g/mol. The second-order valence-electron chi connectivity index (χ2n) is 4.20. The fourth-order valence-electron chi connectivity index (χ4n) is 2.56. The lowest BCUT2D eigenvalue weighted by Gasteiger charge is -2.13. The Balaban J connectivity index is 2.07. The molecule has 1 atom stereocenters. The number of rotatable bonds is 0. The highest BCUT2D eigenvalue weighted by Gasteiger charge is 2.26. The van der Waals surface area contributed by atoms with Crippen LogP contribution in [0, 0.1) is 0 Å². The third-order valence-electron chi connectivity index (χ3n) is 3.17. The van der Waals surface area contributed by atoms with E-state index in [1.165, 1.54) is 42.9 Å². The van der Waals surface area contributed by atoms with Crippen molar-refractivity contribution in [2.24, 2.45) is 5.73 Å². The maximum atomic E-state index is 5.90. The van der Waals surface area contributed by atoms with E-state index in [0.29, 0.717) is 6.04 Å². The van der Waals surface area contributed by atoms with E-state index in [1.807, 2.05) is 0 Å². The van der Waals surface area contributed by atoms with Crippen LogP contribution in [0.3, 0.4) is 0 Å². The van der Waals surface area contributed by atoms with E-state index in [2.05, 4.69) is 9.55 Å². The summed E-state index contributed by atoms with van der Waals surface area (Å²) in [5, 5.41) is 0. The molecule has 2 N–H and O–H groups in total. The molecular weight excluding hydrogens is 162 g/mol. The minimum atomic E-state index is 0.315. The van der Waals surface area contributed by atoms with Crippen molar-refractivity contribution < 1.29 is 0 Å². The van der Waals surface area contributed by atoms with Gasteiger partial charge in [0.25, 0.3) is 0 Å². The lowest BCUT2D eigenvalue weighted by atomic mass is 10.0. The molecule has 2 heterocycles. The van der Waals surface area contributed by atoms with Gasteiger partial charge in [-0.25, -0.2) is 4.98 Å². The molecule has 1 aromatic heterocycles. The zero-order valence-corrected chi connectivity index (χ0v) is 7.79. The zero-order valence-electron chi connectivity index (χ0n) is 7.79. The van der Waals surface area contributed by atoms with E-state index >= 15 is 0 Å². The summed E-state index contributed by atoms with van der Waals surface area (Å²) >= 11 is 0. The SMILES string of the molecule is NC1Cc2nc3c(n2C1)CCCC3. The van der Waals surface area contributed by atoms with Gasteiger partial charge >= 0.3 is 0 Å². The van der Waals surface area contributed by atoms with E-state index in [1.54, 1.807) is 0 Å². The molecule has 13 heavy (non-hydrogen) atoms. The van der Waals surface area contributed by atoms with E-state index in [4.69, 9.17) is 5.73 Å². The largest absolute Gasteiger partial charge is 0.330 e. The van der Waals surface area contributed by atoms with Crippen LogP contribution in [-0.4, -0.2) is 15.6 Å². The van der Waals surface area contributed by atoms with Crippen LogP contribution >= 0.6 is 0 Å². The summed E-state index contributed by atoms with van der Waals surface area (Å²) in [4.78, 5) is 4.66. The number of nitrogens with two attached hydrogens (primary N) is 1. The molecular formula is C10H15N3. The molecule has 0 aromatic carbocycles. The smallest absolute Gasteiger partial charge is 0.110 e. The first-order valence-corrected chi connectivity index (χ1v) is 5.17. The molecule has 0 bridgehead atoms. The van der Waals surface area contributed by atoms with E-state index in [-0.39, 0.29) is 0 Å². The summed E-state index contributed by atoms with van der Waals surface area (Å²) < 4.78 is 2.36. The first-order chi connectivity index (χ1) is 6.34. The molecule has 0 radical (unpaired) electrons. The van der Waals surface area contributed by atoms with Crippen LogP contribution in [0.4, 0.5) is 0 Å². The van der Waals surface area contributed by atoms with Gasteiger partial charge in [0.1, 0.15) is 5.82 Å². The van der Waals surface area contributed by atoms with Gasteiger partial charge in [0, 0.05) is 24.7 Å². The zero-order chi connectivity index (χ0) is 8.84. The number of hydrogen-bond donors (Lipinski definition) is 1. The van der Waals surface area contributed by atoms with Gasteiger partial charge in [0.15, 0.2) is 0 Å². The molecule has 3 rings (SSSR count). The number of aromatic nitrogens is 2. The van der Waals surface area contributed by atoms with Crippen molar-refractivity contribution in [2.75, 3.05) is 0 Å². The molecule has 1 unspecified atom stereocenters. The molecule has 3 heteroatoms. The van der Waals surface area contributed by atoms with Crippen molar-refractivity contribution in [2.45, 2.75) is 44.7 Å². The topological polar surface area (TPSA) is 43.8 Å². The summed E-state index contributed by atoms with van der Waals surface area (Å²) in [6.45, 7) is 0.998. The van der Waals surface area contributed by atoms with Gasteiger partial charge in [-0.1, -0.05) is 0 Å². The Kier molecular flexibility index (Phi) is 1.50. The van der Waals surface area contributed by atoms with Gasteiger partial charge in [0.05, 0.1) is 5.69 Å².